The van der Waals surface area contributed by atoms with Crippen molar-refractivity contribution in [2.75, 3.05) is 13.2 Å². The minimum Gasteiger partial charge on any atom is -0.481 e. The second-order valence-electron chi connectivity index (χ2n) is 3.74. The van der Waals surface area contributed by atoms with Crippen molar-refractivity contribution in [2.24, 2.45) is 11.1 Å². The second-order valence-corrected chi connectivity index (χ2v) is 3.74. The lowest BCUT2D eigenvalue weighted by molar-refractivity contribution is -0.177. The van der Waals surface area contributed by atoms with E-state index in [1.54, 1.807) is 0 Å². The lowest BCUT2D eigenvalue weighted by Gasteiger charge is -2.26. The normalized spacial score (nSPS) is 10.6. The highest BCUT2D eigenvalue weighted by atomic mass is 16.6. The molecule has 0 radical (unpaired) electrons. The van der Waals surface area contributed by atoms with E-state index in [2.05, 4.69) is 9.47 Å². The fourth-order valence-electron chi connectivity index (χ4n) is 1.53. The van der Waals surface area contributed by atoms with E-state index in [1.807, 2.05) is 0 Å². The van der Waals surface area contributed by atoms with Gasteiger partial charge in [0, 0.05) is 0 Å². The van der Waals surface area contributed by atoms with Gasteiger partial charge in [0.25, 0.3) is 0 Å². The number of nitrogens with two attached hydrogens (primary N) is 1. The third-order valence-electron chi connectivity index (χ3n) is 2.26. The minimum atomic E-state index is -2.23. The number of esters is 2. The van der Waals surface area contributed by atoms with Gasteiger partial charge in [-0.2, -0.15) is 0 Å². The first kappa shape index (κ1) is 16.9. The summed E-state index contributed by atoms with van der Waals surface area (Å²) in [6.45, 7) is 2.83. The van der Waals surface area contributed by atoms with Gasteiger partial charge in [0.1, 0.15) is 0 Å². The smallest absolute Gasteiger partial charge is 0.324 e. The predicted octanol–water partition coefficient (Wildman–Crippen LogP) is -0.551. The molecule has 0 atom stereocenters. The summed E-state index contributed by atoms with van der Waals surface area (Å²) in [6.07, 6.45) is -1.70. The number of ether oxygens (including phenoxy) is 2. The molecule has 0 saturated heterocycles. The van der Waals surface area contributed by atoms with Crippen LogP contribution in [0.5, 0.6) is 0 Å². The Bertz CT molecular complexity index is 341. The Morgan fingerprint density at radius 3 is 1.68 bits per heavy atom. The Labute approximate surface area is 109 Å². The first-order chi connectivity index (χ1) is 8.80. The third kappa shape index (κ3) is 4.57. The van der Waals surface area contributed by atoms with Crippen molar-refractivity contribution in [1.29, 1.82) is 0 Å². The second kappa shape index (κ2) is 7.34. The Balaban J connectivity index is 5.54. The van der Waals surface area contributed by atoms with Crippen LogP contribution in [0.2, 0.25) is 0 Å². The summed E-state index contributed by atoms with van der Waals surface area (Å²) in [5, 5.41) is 8.83. The van der Waals surface area contributed by atoms with Crippen LogP contribution >= 0.6 is 0 Å². The van der Waals surface area contributed by atoms with Gasteiger partial charge in [0.15, 0.2) is 5.41 Å². The largest absolute Gasteiger partial charge is 0.481 e. The summed E-state index contributed by atoms with van der Waals surface area (Å²) in [4.78, 5) is 45.6. The molecule has 0 spiro atoms. The SMILES string of the molecule is CCOC(=O)C(CC(N)=O)(CC(=O)O)C(=O)OCC. The standard InChI is InChI=1S/C11H17NO7/c1-3-18-9(16)11(5-7(12)13,6-8(14)15)10(17)19-4-2/h3-6H2,1-2H3,(H2,12,13)(H,14,15). The van der Waals surface area contributed by atoms with E-state index in [1.165, 1.54) is 13.8 Å². The number of carbonyl (C=O) groups is 4. The topological polar surface area (TPSA) is 133 Å². The van der Waals surface area contributed by atoms with Crippen molar-refractivity contribution < 1.29 is 33.8 Å². The maximum Gasteiger partial charge on any atom is 0.324 e. The Hall–Kier alpha value is -2.12. The lowest BCUT2D eigenvalue weighted by atomic mass is 9.80. The van der Waals surface area contributed by atoms with E-state index < -0.39 is 42.1 Å². The zero-order chi connectivity index (χ0) is 15.1. The summed E-state index contributed by atoms with van der Waals surface area (Å²) in [7, 11) is 0. The van der Waals surface area contributed by atoms with E-state index in [4.69, 9.17) is 10.8 Å². The Morgan fingerprint density at radius 1 is 1.00 bits per heavy atom. The van der Waals surface area contributed by atoms with Crippen LogP contribution in [0.15, 0.2) is 0 Å². The van der Waals surface area contributed by atoms with Crippen molar-refractivity contribution in [1.82, 2.24) is 0 Å². The van der Waals surface area contributed by atoms with Gasteiger partial charge in [0.05, 0.1) is 26.1 Å². The molecule has 0 aliphatic heterocycles. The molecule has 108 valence electrons. The first-order valence-electron chi connectivity index (χ1n) is 5.64. The number of carboxylic acids is 1. The van der Waals surface area contributed by atoms with Gasteiger partial charge in [-0.15, -0.1) is 0 Å². The fraction of sp³-hybridized carbons (Fsp3) is 0.636. The van der Waals surface area contributed by atoms with Crippen LogP contribution in [0, 0.1) is 5.41 Å². The number of hydrogen-bond donors (Lipinski definition) is 2. The minimum absolute atomic E-state index is 0.0711. The molecule has 0 bridgehead atoms. The molecule has 0 heterocycles. The number of rotatable bonds is 8. The molecule has 0 aromatic heterocycles. The van der Waals surface area contributed by atoms with E-state index in [0.717, 1.165) is 0 Å². The molecule has 0 fully saturated rings. The summed E-state index contributed by atoms with van der Waals surface area (Å²) < 4.78 is 9.33. The average molecular weight is 275 g/mol. The Kier molecular flexibility index (Phi) is 6.53. The van der Waals surface area contributed by atoms with Gasteiger partial charge in [0.2, 0.25) is 5.91 Å². The molecule has 0 aromatic carbocycles. The number of aliphatic carboxylic acids is 1. The van der Waals surface area contributed by atoms with Crippen LogP contribution in [0.25, 0.3) is 0 Å². The van der Waals surface area contributed by atoms with E-state index >= 15 is 0 Å². The molecular weight excluding hydrogens is 258 g/mol. The van der Waals surface area contributed by atoms with Crippen molar-refractivity contribution in [3.05, 3.63) is 0 Å². The van der Waals surface area contributed by atoms with Gasteiger partial charge in [-0.25, -0.2) is 0 Å². The van der Waals surface area contributed by atoms with Crippen LogP contribution in [0.4, 0.5) is 0 Å². The molecule has 0 saturated carbocycles. The summed E-state index contributed by atoms with van der Waals surface area (Å²) >= 11 is 0. The van der Waals surface area contributed by atoms with Crippen LogP contribution < -0.4 is 5.73 Å². The zero-order valence-corrected chi connectivity index (χ0v) is 10.8. The molecule has 0 aliphatic rings. The fourth-order valence-corrected chi connectivity index (χ4v) is 1.53. The van der Waals surface area contributed by atoms with Crippen molar-refractivity contribution in [2.45, 2.75) is 26.7 Å². The maximum atomic E-state index is 11.9. The quantitative estimate of drug-likeness (QED) is 0.448. The number of carbonyl (C=O) groups excluding carboxylic acids is 3. The molecule has 8 heteroatoms. The number of amides is 1. The van der Waals surface area contributed by atoms with E-state index in [-0.39, 0.29) is 13.2 Å². The number of carboxylic acid groups (broad SMARTS) is 1. The predicted molar refractivity (Wildman–Crippen MR) is 61.8 cm³/mol. The van der Waals surface area contributed by atoms with Gasteiger partial charge in [-0.05, 0) is 13.8 Å². The molecule has 0 rings (SSSR count). The maximum absolute atomic E-state index is 11.9. The summed E-state index contributed by atoms with van der Waals surface area (Å²) in [6, 6.07) is 0. The molecule has 1 amide bonds. The van der Waals surface area contributed by atoms with Gasteiger partial charge < -0.3 is 20.3 Å². The highest BCUT2D eigenvalue weighted by molar-refractivity contribution is 6.05. The molecule has 0 aromatic rings. The average Bonchev–Trinajstić information content (AvgIpc) is 2.27. The Morgan fingerprint density at radius 2 is 1.42 bits per heavy atom. The van der Waals surface area contributed by atoms with Crippen LogP contribution in [0.1, 0.15) is 26.7 Å². The van der Waals surface area contributed by atoms with Crippen LogP contribution in [0.3, 0.4) is 0 Å². The van der Waals surface area contributed by atoms with E-state index in [9.17, 15) is 19.2 Å². The first-order valence-corrected chi connectivity index (χ1v) is 5.64. The van der Waals surface area contributed by atoms with E-state index in [0.29, 0.717) is 0 Å². The molecule has 0 aliphatic carbocycles. The highest BCUT2D eigenvalue weighted by Crippen LogP contribution is 2.30. The summed E-state index contributed by atoms with van der Waals surface area (Å²) in [5.74, 6) is -4.70. The third-order valence-corrected chi connectivity index (χ3v) is 2.26. The van der Waals surface area contributed by atoms with Crippen molar-refractivity contribution in [3.63, 3.8) is 0 Å². The van der Waals surface area contributed by atoms with Gasteiger partial charge in [-0.1, -0.05) is 0 Å². The highest BCUT2D eigenvalue weighted by Gasteiger charge is 2.52. The lowest BCUT2D eigenvalue weighted by Crippen LogP contribution is -2.46. The molecule has 3 N–H and O–H groups in total. The molecule has 8 nitrogen and oxygen atoms in total. The number of primary amides is 1. The van der Waals surface area contributed by atoms with Crippen molar-refractivity contribution >= 4 is 23.8 Å². The molecule has 0 unspecified atom stereocenters. The van der Waals surface area contributed by atoms with Gasteiger partial charge in [-0.3, -0.25) is 19.2 Å². The molecule has 19 heavy (non-hydrogen) atoms. The van der Waals surface area contributed by atoms with Crippen molar-refractivity contribution in [3.8, 4) is 0 Å². The van der Waals surface area contributed by atoms with Crippen LogP contribution in [-0.2, 0) is 28.7 Å². The zero-order valence-electron chi connectivity index (χ0n) is 10.8. The molecular formula is C11H17NO7. The summed E-state index contributed by atoms with van der Waals surface area (Å²) in [5.41, 5.74) is 2.74. The van der Waals surface area contributed by atoms with Crippen LogP contribution in [-0.4, -0.2) is 42.1 Å². The van der Waals surface area contributed by atoms with Gasteiger partial charge >= 0.3 is 17.9 Å². The monoisotopic (exact) mass is 275 g/mol. The number of hydrogen-bond acceptors (Lipinski definition) is 6.